The van der Waals surface area contributed by atoms with E-state index in [1.54, 1.807) is 84.5 Å². The molecule has 3 saturated carbocycles. The van der Waals surface area contributed by atoms with E-state index in [1.807, 2.05) is 78.2 Å². The van der Waals surface area contributed by atoms with Crippen LogP contribution in [0.15, 0.2) is 152 Å². The van der Waals surface area contributed by atoms with Gasteiger partial charge in [0.2, 0.25) is 17.7 Å². The Morgan fingerprint density at radius 1 is 0.458 bits per heavy atom. The highest BCUT2D eigenvalue weighted by atomic mass is 32.1. The largest absolute Gasteiger partial charge is 0.383 e. The number of hydrogen-bond donors (Lipinski definition) is 6. The van der Waals surface area contributed by atoms with E-state index in [0.717, 1.165) is 71.8 Å². The van der Waals surface area contributed by atoms with Crippen LogP contribution in [0.3, 0.4) is 0 Å². The third-order valence-electron chi connectivity index (χ3n) is 22.1. The van der Waals surface area contributed by atoms with Crippen LogP contribution in [0.5, 0.6) is 0 Å². The summed E-state index contributed by atoms with van der Waals surface area (Å²) in [4.78, 5) is 132. The van der Waals surface area contributed by atoms with Gasteiger partial charge in [0.1, 0.15) is 53.5 Å². The first-order chi connectivity index (χ1) is 58.2. The van der Waals surface area contributed by atoms with E-state index in [1.165, 1.54) is 86.4 Å². The Morgan fingerprint density at radius 2 is 0.800 bits per heavy atom. The normalized spacial score (nSPS) is 17.3. The molecule has 3 aromatic carbocycles. The average molecular weight is 1670 g/mol. The lowest BCUT2D eigenvalue weighted by Gasteiger charge is -2.16. The fourth-order valence-electron chi connectivity index (χ4n) is 15.0. The number of carbonyl (C=O) groups is 6. The number of thiazole rings is 3. The zero-order chi connectivity index (χ0) is 83.2. The zero-order valence-corrected chi connectivity index (χ0v) is 68.8. The number of nitrogens with two attached hydrogens (primary N) is 3. The van der Waals surface area contributed by atoms with Crippen molar-refractivity contribution in [3.05, 3.63) is 185 Å². The van der Waals surface area contributed by atoms with Crippen molar-refractivity contribution >= 4 is 140 Å². The SMILES string of the molecule is CN(C/C=C/C(=O)N1CC[C@@H](n2nc(-c3ccc(C(=O)Nc4nccs4)cc3)c3c(N)ncnc32)C1)C1CC1.Cc1cnc(NC(=O)c2ccc(-c3nn([C@@H]4CCN(C(=O)/C=C/CN(C)C5CC5)C4)c4ncnc(N)c34)cc2)s1.[C-]#[N+]c1cnc(NC(=O)c2ccc(-c3nn([C@@H]4CCN(C(=O)/C=C/CN(C)C5CC5)C4)c4ncnc(N)c34)cc2)s1. The topological polar surface area (TPSA) is 410 Å². The van der Waals surface area contributed by atoms with Crippen molar-refractivity contribution in [2.24, 2.45) is 0 Å². The average Bonchev–Trinajstić information content (AvgIpc) is 1.61. The Hall–Kier alpha value is -13.0. The van der Waals surface area contributed by atoms with Gasteiger partial charge >= 0.3 is 0 Å². The molecule has 614 valence electrons. The van der Waals surface area contributed by atoms with E-state index < -0.39 is 0 Å². The summed E-state index contributed by atoms with van der Waals surface area (Å²) in [5, 5.41) is 28.7. The van der Waals surface area contributed by atoms with E-state index in [2.05, 4.69) is 101 Å². The van der Waals surface area contributed by atoms with Gasteiger partial charge in [-0.05, 0) is 122 Å². The van der Waals surface area contributed by atoms with Crippen molar-refractivity contribution in [3.63, 3.8) is 0 Å². The highest BCUT2D eigenvalue weighted by molar-refractivity contribution is 7.19. The zero-order valence-electron chi connectivity index (χ0n) is 66.4. The summed E-state index contributed by atoms with van der Waals surface area (Å²) < 4.78 is 5.58. The molecule has 9 N–H and O–H groups in total. The first-order valence-electron chi connectivity index (χ1n) is 39.6. The summed E-state index contributed by atoms with van der Waals surface area (Å²) in [6.07, 6.45) is 29.7. The number of nitrogen functional groups attached to an aromatic ring is 3. The number of amides is 6. The van der Waals surface area contributed by atoms with Crippen molar-refractivity contribution in [2.45, 2.75) is 101 Å². The van der Waals surface area contributed by atoms with Crippen LogP contribution in [0.2, 0.25) is 0 Å². The summed E-state index contributed by atoms with van der Waals surface area (Å²) in [5.41, 5.74) is 26.4. The third-order valence-corrected chi connectivity index (χ3v) is 24.4. The highest BCUT2D eigenvalue weighted by Crippen LogP contribution is 2.39. The molecule has 0 spiro atoms. The smallest absolute Gasteiger partial charge is 0.262 e. The van der Waals surface area contributed by atoms with Gasteiger partial charge in [-0.2, -0.15) is 15.3 Å². The van der Waals surface area contributed by atoms with Crippen LogP contribution >= 0.6 is 34.0 Å². The highest BCUT2D eigenvalue weighted by Gasteiger charge is 2.36. The molecule has 3 saturated heterocycles. The van der Waals surface area contributed by atoms with Crippen LogP contribution in [0, 0.1) is 13.5 Å². The molecule has 0 radical (unpaired) electrons. The molecule has 0 bridgehead atoms. The van der Waals surface area contributed by atoms with E-state index in [4.69, 9.17) is 39.1 Å². The van der Waals surface area contributed by atoms with Gasteiger partial charge in [0.05, 0.1) is 40.9 Å². The van der Waals surface area contributed by atoms with Gasteiger partial charge in [-0.15, -0.1) is 34.0 Å². The predicted octanol–water partition coefficient (Wildman–Crippen LogP) is 10.5. The number of rotatable bonds is 24. The number of likely N-dealkylation sites (tertiary alicyclic amines) is 3. The van der Waals surface area contributed by atoms with Crippen molar-refractivity contribution in [2.75, 3.05) is 113 Å². The van der Waals surface area contributed by atoms with Crippen LogP contribution in [0.4, 0.5) is 37.8 Å². The number of fused-ring (bicyclic) bond motifs is 3. The van der Waals surface area contributed by atoms with Gasteiger partial charge in [-0.25, -0.2) is 63.7 Å². The van der Waals surface area contributed by atoms with Crippen molar-refractivity contribution in [3.8, 4) is 33.8 Å². The van der Waals surface area contributed by atoms with Crippen molar-refractivity contribution in [1.82, 2.24) is 104 Å². The third kappa shape index (κ3) is 18.5. The fourth-order valence-corrected chi connectivity index (χ4v) is 16.8. The number of hydrogen-bond acceptors (Lipinski definition) is 27. The number of nitrogens with zero attached hydrogens (tertiary/aromatic N) is 22. The molecule has 9 aromatic heterocycles. The minimum atomic E-state index is -0.329. The van der Waals surface area contributed by atoms with Crippen LogP contribution in [0.25, 0.3) is 71.7 Å². The molecule has 34 nitrogen and oxygen atoms in total. The summed E-state index contributed by atoms with van der Waals surface area (Å²) >= 11 is 3.90. The standard InChI is InChI=1S/C28H28N10O2S.C28H31N9O2S.C27H29N9O2S/c1-30-21-14-31-28(41-21)34-27(40)18-7-5-17(6-8-18)24-23-25(29)32-16-33-26(23)38(35-24)20-11-13-37(15-20)22(39)4-3-12-36(2)19-9-10-19;1-17-14-30-28(40-17)33-27(39)19-7-5-18(6-8-19)24-23-25(29)31-16-32-26(23)37(34-24)21-11-13-36(15-21)22(38)4-3-12-35(2)20-9-10-20;1-34(19-8-9-19)12-2-3-21(37)35-13-10-20(15-35)36-25-22(24(28)30-16-31-25)23(33-36)17-4-6-18(7-5-17)26(38)32-27-29-11-14-39-27/h3-8,14,16,19-20H,9-13,15H2,2H3,(H2,29,32,33)(H,31,34,40);3-8,14,16,20-21H,9-13,15H2,1-2H3,(H2,29,31,32)(H,30,33,39);2-7,11,14,16,19-20H,8-10,12-13,15H2,1H3,(H2,28,30,31)(H,29,32,38)/b2*4-3+;3-2+/t20-;21-;20-/m111/s1. The van der Waals surface area contributed by atoms with Crippen LogP contribution in [0.1, 0.15) is 112 Å². The Morgan fingerprint density at radius 3 is 1.11 bits per heavy atom. The van der Waals surface area contributed by atoms with E-state index in [9.17, 15) is 28.8 Å². The minimum absolute atomic E-state index is 0.000511. The number of nitrogens with one attached hydrogen (secondary N) is 3. The van der Waals surface area contributed by atoms with Crippen LogP contribution < -0.4 is 33.2 Å². The summed E-state index contributed by atoms with van der Waals surface area (Å²) in [6.45, 7) is 14.8. The van der Waals surface area contributed by atoms with Gasteiger partial charge in [-0.3, -0.25) is 59.4 Å². The molecule has 6 aliphatic rings. The molecule has 3 atom stereocenters. The second-order valence-electron chi connectivity index (χ2n) is 30.5. The van der Waals surface area contributed by atoms with Crippen LogP contribution in [-0.4, -0.2) is 237 Å². The second kappa shape index (κ2) is 35.7. The lowest BCUT2D eigenvalue weighted by molar-refractivity contribution is -0.125. The number of likely N-dealkylation sites (N-methyl/N-ethyl adjacent to an activating group) is 3. The summed E-state index contributed by atoms with van der Waals surface area (Å²) in [7, 11) is 6.28. The van der Waals surface area contributed by atoms with Gasteiger partial charge in [0.25, 0.3) is 22.7 Å². The molecule has 0 unspecified atom stereocenters. The number of benzene rings is 3. The molecular weight excluding hydrogens is 1580 g/mol. The first kappa shape index (κ1) is 80.8. The monoisotopic (exact) mass is 1670 g/mol. The van der Waals surface area contributed by atoms with E-state index in [0.29, 0.717) is 162 Å². The number of anilines is 6. The molecule has 6 amide bonds. The molecule has 120 heavy (non-hydrogen) atoms. The molecule has 12 aromatic rings. The summed E-state index contributed by atoms with van der Waals surface area (Å²) in [6, 6.07) is 23.2. The first-order valence-corrected chi connectivity index (χ1v) is 42.1. The number of aryl methyl sites for hydroxylation is 1. The lowest BCUT2D eigenvalue weighted by Crippen LogP contribution is -2.28. The Bertz CT molecular complexity index is 5940. The van der Waals surface area contributed by atoms with Gasteiger partial charge in [0, 0.05) is 157 Å². The maximum atomic E-state index is 12.8. The van der Waals surface area contributed by atoms with Gasteiger partial charge in [0.15, 0.2) is 32.3 Å². The number of carbonyl (C=O) groups excluding carboxylic acids is 6. The fraction of sp³-hybridized carbons (Fsp3) is 0.337. The molecular formula is C83H88N28O6S3. The number of aromatic nitrogens is 15. The predicted molar refractivity (Wildman–Crippen MR) is 462 cm³/mol. The maximum absolute atomic E-state index is 12.8. The second-order valence-corrected chi connectivity index (χ2v) is 33.6. The summed E-state index contributed by atoms with van der Waals surface area (Å²) in [5.74, 6) is 0.205. The Balaban J connectivity index is 0.000000134. The van der Waals surface area contributed by atoms with Crippen molar-refractivity contribution in [1.29, 1.82) is 0 Å². The Kier molecular flexibility index (Phi) is 24.0. The molecule has 18 rings (SSSR count). The van der Waals surface area contributed by atoms with E-state index in [-0.39, 0.29) is 53.6 Å². The maximum Gasteiger partial charge on any atom is 0.262 e. The van der Waals surface area contributed by atoms with E-state index >= 15 is 0 Å². The Labute approximate surface area is 701 Å². The molecule has 12 heterocycles. The minimum Gasteiger partial charge on any atom is -0.383 e. The molecule has 3 aliphatic heterocycles. The van der Waals surface area contributed by atoms with Gasteiger partial charge < -0.3 is 31.9 Å². The quantitative estimate of drug-likeness (QED) is 0.0242. The van der Waals surface area contributed by atoms with Crippen LogP contribution in [-0.2, 0) is 14.4 Å². The molecule has 6 fully saturated rings. The van der Waals surface area contributed by atoms with Crippen molar-refractivity contribution < 1.29 is 28.8 Å². The molecule has 3 aliphatic carbocycles. The molecule has 37 heteroatoms. The van der Waals surface area contributed by atoms with Gasteiger partial charge in [-0.1, -0.05) is 54.6 Å². The lowest BCUT2D eigenvalue weighted by atomic mass is 10.1.